The molecule has 3 N–H and O–H groups in total. The van der Waals surface area contributed by atoms with E-state index in [0.717, 1.165) is 12.1 Å². The molecule has 0 aromatic heterocycles. The lowest BCUT2D eigenvalue weighted by molar-refractivity contribution is 0.00640. The van der Waals surface area contributed by atoms with E-state index in [1.165, 1.54) is 0 Å². The maximum Gasteiger partial charge on any atom is 0.341 e. The summed E-state index contributed by atoms with van der Waals surface area (Å²) >= 11 is 0. The Morgan fingerprint density at radius 2 is 2.00 bits per heavy atom. The molecule has 0 fully saturated rings. The molecule has 0 radical (unpaired) electrons. The highest BCUT2D eigenvalue weighted by Gasteiger charge is 2.22. The summed E-state index contributed by atoms with van der Waals surface area (Å²) in [6.45, 7) is 4.98. The molecule has 16 heavy (non-hydrogen) atoms. The third kappa shape index (κ3) is 2.85. The Balaban J connectivity index is 3.09. The lowest BCUT2D eigenvalue weighted by atomic mass is 10.1. The van der Waals surface area contributed by atoms with Gasteiger partial charge in [0.2, 0.25) is 0 Å². The summed E-state index contributed by atoms with van der Waals surface area (Å²) in [5.41, 5.74) is 4.39. The smallest absolute Gasteiger partial charge is 0.341 e. The summed E-state index contributed by atoms with van der Waals surface area (Å²) in [6, 6.07) is 2.16. The van der Waals surface area contributed by atoms with E-state index in [0.29, 0.717) is 0 Å². The Bertz CT molecular complexity index is 424. The topological polar surface area (TPSA) is 72.5 Å². The number of carbonyl (C=O) groups is 1. The van der Waals surface area contributed by atoms with Gasteiger partial charge in [-0.05, 0) is 26.8 Å². The van der Waals surface area contributed by atoms with E-state index in [4.69, 9.17) is 15.6 Å². The predicted octanol–water partition coefficient (Wildman–Crippen LogP) is 2.07. The molecule has 5 heteroatoms. The Hall–Kier alpha value is -1.78. The van der Waals surface area contributed by atoms with Crippen LogP contribution in [-0.4, -0.2) is 16.7 Å². The maximum absolute atomic E-state index is 13.4. The first-order chi connectivity index (χ1) is 7.20. The second kappa shape index (κ2) is 4.00. The van der Waals surface area contributed by atoms with Gasteiger partial charge in [-0.1, -0.05) is 0 Å². The Morgan fingerprint density at radius 3 is 2.50 bits per heavy atom. The lowest BCUT2D eigenvalue weighted by Gasteiger charge is -2.19. The van der Waals surface area contributed by atoms with Gasteiger partial charge in [0.15, 0.2) is 11.6 Å². The molecule has 88 valence electrons. The molecule has 0 aliphatic heterocycles. The number of anilines is 1. The van der Waals surface area contributed by atoms with Crippen molar-refractivity contribution < 1.29 is 19.0 Å². The number of aromatic hydroxyl groups is 1. The molecule has 0 aliphatic rings. The highest BCUT2D eigenvalue weighted by atomic mass is 19.1. The van der Waals surface area contributed by atoms with Crippen molar-refractivity contribution in [2.75, 3.05) is 5.73 Å². The maximum atomic E-state index is 13.4. The van der Waals surface area contributed by atoms with Crippen LogP contribution in [0.1, 0.15) is 31.1 Å². The number of carbonyl (C=O) groups excluding carboxylic acids is 1. The van der Waals surface area contributed by atoms with Gasteiger partial charge >= 0.3 is 5.97 Å². The molecule has 0 heterocycles. The number of hydrogen-bond donors (Lipinski definition) is 2. The minimum Gasteiger partial charge on any atom is -0.505 e. The number of rotatable bonds is 1. The van der Waals surface area contributed by atoms with Crippen LogP contribution in [0.4, 0.5) is 10.1 Å². The first kappa shape index (κ1) is 12.3. The second-order valence-corrected chi connectivity index (χ2v) is 4.40. The number of hydrogen-bond acceptors (Lipinski definition) is 4. The fourth-order valence-electron chi connectivity index (χ4n) is 1.11. The number of esters is 1. The summed E-state index contributed by atoms with van der Waals surface area (Å²) in [5, 5.41) is 9.17. The van der Waals surface area contributed by atoms with Crippen LogP contribution < -0.4 is 5.73 Å². The summed E-state index contributed by atoms with van der Waals surface area (Å²) < 4.78 is 18.4. The average Bonchev–Trinajstić information content (AvgIpc) is 2.08. The number of nitrogens with two attached hydrogens (primary N) is 1. The largest absolute Gasteiger partial charge is 0.505 e. The average molecular weight is 227 g/mol. The number of halogens is 1. The van der Waals surface area contributed by atoms with E-state index in [-0.39, 0.29) is 11.3 Å². The van der Waals surface area contributed by atoms with Gasteiger partial charge in [-0.25, -0.2) is 9.18 Å². The van der Waals surface area contributed by atoms with E-state index in [1.54, 1.807) is 20.8 Å². The highest BCUT2D eigenvalue weighted by Crippen LogP contribution is 2.24. The molecule has 0 saturated heterocycles. The van der Waals surface area contributed by atoms with Gasteiger partial charge in [-0.3, -0.25) is 0 Å². The summed E-state index contributed by atoms with van der Waals surface area (Å²) in [5.74, 6) is -2.54. The molecule has 1 aromatic rings. The van der Waals surface area contributed by atoms with Gasteiger partial charge in [0.1, 0.15) is 11.2 Å². The van der Waals surface area contributed by atoms with E-state index in [2.05, 4.69) is 0 Å². The number of phenols is 1. The predicted molar refractivity (Wildman–Crippen MR) is 57.6 cm³/mol. The quantitative estimate of drug-likeness (QED) is 0.569. The van der Waals surface area contributed by atoms with Crippen LogP contribution >= 0.6 is 0 Å². The van der Waals surface area contributed by atoms with E-state index >= 15 is 0 Å². The zero-order valence-corrected chi connectivity index (χ0v) is 9.37. The van der Waals surface area contributed by atoms with Crippen LogP contribution in [0.2, 0.25) is 0 Å². The fourth-order valence-corrected chi connectivity index (χ4v) is 1.11. The number of benzene rings is 1. The van der Waals surface area contributed by atoms with Gasteiger partial charge in [0.05, 0.1) is 0 Å². The van der Waals surface area contributed by atoms with Gasteiger partial charge in [0, 0.05) is 11.8 Å². The molecule has 0 bridgehead atoms. The van der Waals surface area contributed by atoms with Crippen LogP contribution in [0.5, 0.6) is 5.75 Å². The summed E-state index contributed by atoms with van der Waals surface area (Å²) in [6.07, 6.45) is 0. The Kier molecular flexibility index (Phi) is 3.07. The molecule has 0 saturated carbocycles. The number of phenolic OH excluding ortho intramolecular Hbond substituents is 1. The van der Waals surface area contributed by atoms with Crippen LogP contribution in [0.25, 0.3) is 0 Å². The van der Waals surface area contributed by atoms with Gasteiger partial charge < -0.3 is 15.6 Å². The molecule has 0 spiro atoms. The van der Waals surface area contributed by atoms with Crippen molar-refractivity contribution in [1.82, 2.24) is 0 Å². The van der Waals surface area contributed by atoms with Crippen molar-refractivity contribution in [1.29, 1.82) is 0 Å². The molecule has 1 aromatic carbocycles. The molecule has 4 nitrogen and oxygen atoms in total. The number of ether oxygens (including phenoxy) is 1. The minimum atomic E-state index is -1.02. The van der Waals surface area contributed by atoms with E-state index in [9.17, 15) is 9.18 Å². The molecule has 0 unspecified atom stereocenters. The van der Waals surface area contributed by atoms with Gasteiger partial charge in [0.25, 0.3) is 0 Å². The molecule has 0 atom stereocenters. The number of nitrogen functional groups attached to an aromatic ring is 1. The second-order valence-electron chi connectivity index (χ2n) is 4.40. The van der Waals surface area contributed by atoms with Crippen molar-refractivity contribution in [3.8, 4) is 5.75 Å². The SMILES string of the molecule is CC(C)(C)OC(=O)c1cc(N)cc(O)c1F. The lowest BCUT2D eigenvalue weighted by Crippen LogP contribution is -2.24. The Labute approximate surface area is 92.8 Å². The van der Waals surface area contributed by atoms with Crippen LogP contribution in [0.15, 0.2) is 12.1 Å². The van der Waals surface area contributed by atoms with Crippen molar-refractivity contribution in [3.05, 3.63) is 23.5 Å². The van der Waals surface area contributed by atoms with Crippen molar-refractivity contribution in [2.24, 2.45) is 0 Å². The molecular formula is C11H14FNO3. The van der Waals surface area contributed by atoms with Crippen LogP contribution in [-0.2, 0) is 4.74 Å². The molecule has 0 aliphatic carbocycles. The fraction of sp³-hybridized carbons (Fsp3) is 0.364. The van der Waals surface area contributed by atoms with Crippen LogP contribution in [0, 0.1) is 5.82 Å². The zero-order chi connectivity index (χ0) is 12.5. The first-order valence-electron chi connectivity index (χ1n) is 4.72. The van der Waals surface area contributed by atoms with Gasteiger partial charge in [-0.15, -0.1) is 0 Å². The third-order valence-corrected chi connectivity index (χ3v) is 1.69. The zero-order valence-electron chi connectivity index (χ0n) is 9.37. The van der Waals surface area contributed by atoms with E-state index < -0.39 is 23.1 Å². The summed E-state index contributed by atoms with van der Waals surface area (Å²) in [7, 11) is 0. The van der Waals surface area contributed by atoms with Crippen molar-refractivity contribution in [3.63, 3.8) is 0 Å². The molecule has 1 rings (SSSR count). The van der Waals surface area contributed by atoms with Gasteiger partial charge in [-0.2, -0.15) is 0 Å². The van der Waals surface area contributed by atoms with E-state index in [1.807, 2.05) is 0 Å². The standard InChI is InChI=1S/C11H14FNO3/c1-11(2,3)16-10(15)7-4-6(13)5-8(14)9(7)12/h4-5,14H,13H2,1-3H3. The third-order valence-electron chi connectivity index (χ3n) is 1.69. The van der Waals surface area contributed by atoms with Crippen LogP contribution in [0.3, 0.4) is 0 Å². The monoisotopic (exact) mass is 227 g/mol. The summed E-state index contributed by atoms with van der Waals surface area (Å²) in [4.78, 5) is 11.6. The normalized spacial score (nSPS) is 11.2. The minimum absolute atomic E-state index is 0.0970. The first-order valence-corrected chi connectivity index (χ1v) is 4.72. The molecular weight excluding hydrogens is 213 g/mol. The molecule has 0 amide bonds. The highest BCUT2D eigenvalue weighted by molar-refractivity contribution is 5.91. The van der Waals surface area contributed by atoms with Crippen molar-refractivity contribution in [2.45, 2.75) is 26.4 Å². The Morgan fingerprint density at radius 1 is 1.44 bits per heavy atom. The van der Waals surface area contributed by atoms with Crippen molar-refractivity contribution >= 4 is 11.7 Å².